The number of nitrogens with zero attached hydrogens (tertiary/aromatic N) is 3. The number of benzene rings is 2. The minimum absolute atomic E-state index is 0.0878. The minimum Gasteiger partial charge on any atom is -0.493 e. The molecule has 2 aromatic carbocycles. The van der Waals surface area contributed by atoms with E-state index in [1.54, 1.807) is 0 Å². The van der Waals surface area contributed by atoms with Crippen LogP contribution in [-0.4, -0.2) is 68.5 Å². The van der Waals surface area contributed by atoms with Crippen LogP contribution < -0.4 is 9.64 Å². The van der Waals surface area contributed by atoms with Crippen LogP contribution in [0, 0.1) is 5.92 Å². The summed E-state index contributed by atoms with van der Waals surface area (Å²) in [6.45, 7) is 3.78. The van der Waals surface area contributed by atoms with Crippen molar-refractivity contribution in [3.63, 3.8) is 0 Å². The largest absolute Gasteiger partial charge is 0.493 e. The zero-order valence-electron chi connectivity index (χ0n) is 19.1. The molecule has 0 N–H and O–H groups in total. The topological polar surface area (TPSA) is 53.1 Å². The Morgan fingerprint density at radius 1 is 0.844 bits per heavy atom. The van der Waals surface area contributed by atoms with E-state index in [1.807, 2.05) is 77.3 Å². The van der Waals surface area contributed by atoms with Crippen LogP contribution in [0.15, 0.2) is 48.5 Å². The fraction of sp³-hybridized carbons (Fsp3) is 0.462. The molecule has 0 radical (unpaired) electrons. The van der Waals surface area contributed by atoms with Crippen molar-refractivity contribution in [2.45, 2.75) is 25.7 Å². The fourth-order valence-electron chi connectivity index (χ4n) is 4.48. The molecule has 0 saturated carbocycles. The van der Waals surface area contributed by atoms with E-state index in [0.717, 1.165) is 62.3 Å². The summed E-state index contributed by atoms with van der Waals surface area (Å²) in [5, 5.41) is 0. The van der Waals surface area contributed by atoms with E-state index >= 15 is 0 Å². The Hall–Kier alpha value is -3.02. The predicted molar refractivity (Wildman–Crippen MR) is 126 cm³/mol. The van der Waals surface area contributed by atoms with E-state index in [1.165, 1.54) is 0 Å². The molecule has 0 spiro atoms. The molecule has 1 unspecified atom stereocenters. The standard InChI is InChI=1S/C26H33N3O3/c1-27(2)23-11-7-21(8-12-23)26(31)29-17-5-6-20(18-29)19-32-24-13-9-22(10-14-24)25(30)28-15-3-4-16-28/h7-14,20H,3-6,15-19H2,1-2H3. The smallest absolute Gasteiger partial charge is 0.253 e. The quantitative estimate of drug-likeness (QED) is 0.690. The number of hydrogen-bond acceptors (Lipinski definition) is 4. The normalized spacial score (nSPS) is 18.5. The first kappa shape index (κ1) is 22.2. The van der Waals surface area contributed by atoms with Crippen LogP contribution in [0.25, 0.3) is 0 Å². The number of hydrogen-bond donors (Lipinski definition) is 0. The van der Waals surface area contributed by atoms with E-state index in [9.17, 15) is 9.59 Å². The first-order valence-corrected chi connectivity index (χ1v) is 11.6. The number of likely N-dealkylation sites (tertiary alicyclic amines) is 2. The van der Waals surface area contributed by atoms with Gasteiger partial charge in [0.15, 0.2) is 0 Å². The van der Waals surface area contributed by atoms with Crippen LogP contribution >= 0.6 is 0 Å². The monoisotopic (exact) mass is 435 g/mol. The molecule has 6 heteroatoms. The molecule has 2 aliphatic heterocycles. The molecule has 0 aliphatic carbocycles. The van der Waals surface area contributed by atoms with Gasteiger partial charge in [0.25, 0.3) is 11.8 Å². The van der Waals surface area contributed by atoms with Crippen molar-refractivity contribution in [1.82, 2.24) is 9.80 Å². The summed E-state index contributed by atoms with van der Waals surface area (Å²) in [4.78, 5) is 31.3. The van der Waals surface area contributed by atoms with Crippen molar-refractivity contribution in [3.05, 3.63) is 59.7 Å². The maximum absolute atomic E-state index is 12.9. The number of carbonyl (C=O) groups excluding carboxylic acids is 2. The zero-order chi connectivity index (χ0) is 22.5. The molecule has 2 amide bonds. The Morgan fingerprint density at radius 2 is 1.41 bits per heavy atom. The van der Waals surface area contributed by atoms with Gasteiger partial charge in [0.2, 0.25) is 0 Å². The van der Waals surface area contributed by atoms with Gasteiger partial charge < -0.3 is 19.4 Å². The number of anilines is 1. The second-order valence-electron chi connectivity index (χ2n) is 9.04. The van der Waals surface area contributed by atoms with E-state index in [4.69, 9.17) is 4.74 Å². The average Bonchev–Trinajstić information content (AvgIpc) is 3.37. The summed E-state index contributed by atoms with van der Waals surface area (Å²) in [6.07, 6.45) is 4.22. The number of piperidine rings is 1. The van der Waals surface area contributed by atoms with Gasteiger partial charge in [0.1, 0.15) is 5.75 Å². The molecule has 0 aromatic heterocycles. The lowest BCUT2D eigenvalue weighted by molar-refractivity contribution is 0.0633. The lowest BCUT2D eigenvalue weighted by atomic mass is 9.98. The lowest BCUT2D eigenvalue weighted by Crippen LogP contribution is -2.41. The van der Waals surface area contributed by atoms with E-state index in [-0.39, 0.29) is 11.8 Å². The molecule has 2 aromatic rings. The molecule has 0 bridgehead atoms. The Bertz CT molecular complexity index is 918. The third-order valence-corrected chi connectivity index (χ3v) is 6.42. The molecule has 2 fully saturated rings. The summed E-state index contributed by atoms with van der Waals surface area (Å²) in [5.74, 6) is 1.27. The number of rotatable bonds is 6. The average molecular weight is 436 g/mol. The van der Waals surface area contributed by atoms with Gasteiger partial charge >= 0.3 is 0 Å². The maximum atomic E-state index is 12.9. The van der Waals surface area contributed by atoms with Gasteiger partial charge in [-0.2, -0.15) is 0 Å². The maximum Gasteiger partial charge on any atom is 0.253 e. The van der Waals surface area contributed by atoms with Gasteiger partial charge in [-0.1, -0.05) is 0 Å². The first-order valence-electron chi connectivity index (χ1n) is 11.6. The van der Waals surface area contributed by atoms with Crippen molar-refractivity contribution < 1.29 is 14.3 Å². The summed E-state index contributed by atoms with van der Waals surface area (Å²) in [5.41, 5.74) is 2.53. The highest BCUT2D eigenvalue weighted by Crippen LogP contribution is 2.22. The lowest BCUT2D eigenvalue weighted by Gasteiger charge is -2.32. The van der Waals surface area contributed by atoms with Gasteiger partial charge in [-0.05, 0) is 74.2 Å². The van der Waals surface area contributed by atoms with Crippen LogP contribution in [0.1, 0.15) is 46.4 Å². The van der Waals surface area contributed by atoms with E-state index in [0.29, 0.717) is 24.6 Å². The van der Waals surface area contributed by atoms with Crippen LogP contribution in [0.3, 0.4) is 0 Å². The van der Waals surface area contributed by atoms with Crippen LogP contribution in [0.4, 0.5) is 5.69 Å². The van der Waals surface area contributed by atoms with Crippen molar-refractivity contribution in [1.29, 1.82) is 0 Å². The van der Waals surface area contributed by atoms with Crippen LogP contribution in [0.2, 0.25) is 0 Å². The summed E-state index contributed by atoms with van der Waals surface area (Å²) in [6, 6.07) is 15.2. The second kappa shape index (κ2) is 10.1. The first-order chi connectivity index (χ1) is 15.5. The molecule has 2 aliphatic rings. The summed E-state index contributed by atoms with van der Waals surface area (Å²) >= 11 is 0. The highest BCUT2D eigenvalue weighted by molar-refractivity contribution is 5.95. The Balaban J connectivity index is 1.29. The molecule has 32 heavy (non-hydrogen) atoms. The van der Waals surface area contributed by atoms with E-state index in [2.05, 4.69) is 0 Å². The fourth-order valence-corrected chi connectivity index (χ4v) is 4.48. The Labute approximate surface area is 190 Å². The van der Waals surface area contributed by atoms with Gasteiger partial charge in [-0.15, -0.1) is 0 Å². The van der Waals surface area contributed by atoms with Gasteiger partial charge in [-0.25, -0.2) is 0 Å². The summed E-state index contributed by atoms with van der Waals surface area (Å²) in [7, 11) is 3.98. The summed E-state index contributed by atoms with van der Waals surface area (Å²) < 4.78 is 6.01. The third kappa shape index (κ3) is 5.23. The van der Waals surface area contributed by atoms with E-state index < -0.39 is 0 Å². The van der Waals surface area contributed by atoms with Crippen molar-refractivity contribution in [2.75, 3.05) is 51.8 Å². The molecular formula is C26H33N3O3. The highest BCUT2D eigenvalue weighted by Gasteiger charge is 2.25. The van der Waals surface area contributed by atoms with Crippen molar-refractivity contribution in [2.24, 2.45) is 5.92 Å². The molecule has 170 valence electrons. The SMILES string of the molecule is CN(C)c1ccc(C(=O)N2CCCC(COc3ccc(C(=O)N4CCCC4)cc3)C2)cc1. The zero-order valence-corrected chi connectivity index (χ0v) is 19.1. The molecule has 1 atom stereocenters. The second-order valence-corrected chi connectivity index (χ2v) is 9.04. The van der Waals surface area contributed by atoms with Crippen LogP contribution in [-0.2, 0) is 0 Å². The number of carbonyl (C=O) groups is 2. The predicted octanol–water partition coefficient (Wildman–Crippen LogP) is 3.92. The number of ether oxygens (including phenoxy) is 1. The van der Waals surface area contributed by atoms with Gasteiger partial charge in [0.05, 0.1) is 6.61 Å². The molecular weight excluding hydrogens is 402 g/mol. The third-order valence-electron chi connectivity index (χ3n) is 6.42. The Kier molecular flexibility index (Phi) is 6.98. The van der Waals surface area contributed by atoms with Gasteiger partial charge in [0, 0.05) is 63.0 Å². The minimum atomic E-state index is 0.0878. The Morgan fingerprint density at radius 3 is 2.03 bits per heavy atom. The molecule has 2 saturated heterocycles. The van der Waals surface area contributed by atoms with Gasteiger partial charge in [-0.3, -0.25) is 9.59 Å². The van der Waals surface area contributed by atoms with Crippen LogP contribution in [0.5, 0.6) is 5.75 Å². The number of amides is 2. The van der Waals surface area contributed by atoms with Crippen molar-refractivity contribution >= 4 is 17.5 Å². The molecule has 2 heterocycles. The molecule has 6 nitrogen and oxygen atoms in total. The highest BCUT2D eigenvalue weighted by atomic mass is 16.5. The molecule has 4 rings (SSSR count). The van der Waals surface area contributed by atoms with Crippen molar-refractivity contribution in [3.8, 4) is 5.75 Å².